The van der Waals surface area contributed by atoms with E-state index >= 15 is 0 Å². The van der Waals surface area contributed by atoms with Gasteiger partial charge in [0, 0.05) is 16.8 Å². The van der Waals surface area contributed by atoms with Gasteiger partial charge in [0.05, 0.1) is 0 Å². The molecule has 0 radical (unpaired) electrons. The summed E-state index contributed by atoms with van der Waals surface area (Å²) in [6.45, 7) is 4.01. The van der Waals surface area contributed by atoms with Crippen molar-refractivity contribution in [1.29, 1.82) is 0 Å². The van der Waals surface area contributed by atoms with Crippen LogP contribution in [0.15, 0.2) is 47.0 Å². The monoisotopic (exact) mass is 265 g/mol. The first-order valence-electron chi connectivity index (χ1n) is 6.41. The first-order chi connectivity index (χ1) is 9.63. The summed E-state index contributed by atoms with van der Waals surface area (Å²) in [5, 5.41) is 4.02. The van der Waals surface area contributed by atoms with Crippen molar-refractivity contribution in [1.82, 2.24) is 10.1 Å². The van der Waals surface area contributed by atoms with Gasteiger partial charge in [0.2, 0.25) is 5.82 Å². The molecular weight excluding hydrogens is 250 g/mol. The standard InChI is InChI=1S/C16H15N3O/c1-10-3-6-12(7-4-10)15-18-16(20-19-15)13-8-5-11(2)14(17)9-13/h3-9H,17H2,1-2H3. The predicted molar refractivity (Wildman–Crippen MR) is 79.1 cm³/mol. The molecule has 0 amide bonds. The summed E-state index contributed by atoms with van der Waals surface area (Å²) < 4.78 is 5.31. The van der Waals surface area contributed by atoms with Gasteiger partial charge in [0.25, 0.3) is 5.89 Å². The summed E-state index contributed by atoms with van der Waals surface area (Å²) in [4.78, 5) is 4.42. The lowest BCUT2D eigenvalue weighted by Gasteiger charge is -2.00. The van der Waals surface area contributed by atoms with Crippen molar-refractivity contribution in [3.63, 3.8) is 0 Å². The largest absolute Gasteiger partial charge is 0.398 e. The van der Waals surface area contributed by atoms with Crippen LogP contribution in [0.25, 0.3) is 22.8 Å². The molecule has 0 saturated heterocycles. The minimum Gasteiger partial charge on any atom is -0.398 e. The maximum absolute atomic E-state index is 5.90. The minimum absolute atomic E-state index is 0.479. The van der Waals surface area contributed by atoms with Crippen molar-refractivity contribution in [3.05, 3.63) is 53.6 Å². The molecule has 20 heavy (non-hydrogen) atoms. The van der Waals surface area contributed by atoms with Gasteiger partial charge in [-0.1, -0.05) is 41.1 Å². The van der Waals surface area contributed by atoms with E-state index in [1.54, 1.807) is 0 Å². The Kier molecular flexibility index (Phi) is 2.99. The van der Waals surface area contributed by atoms with Gasteiger partial charge in [-0.2, -0.15) is 4.98 Å². The van der Waals surface area contributed by atoms with E-state index in [9.17, 15) is 0 Å². The highest BCUT2D eigenvalue weighted by Crippen LogP contribution is 2.25. The maximum atomic E-state index is 5.90. The fourth-order valence-corrected chi connectivity index (χ4v) is 1.93. The van der Waals surface area contributed by atoms with Crippen molar-refractivity contribution in [3.8, 4) is 22.8 Å². The summed E-state index contributed by atoms with van der Waals surface area (Å²) in [5.41, 5.74) is 10.6. The van der Waals surface area contributed by atoms with E-state index < -0.39 is 0 Å². The van der Waals surface area contributed by atoms with Gasteiger partial charge in [-0.25, -0.2) is 0 Å². The van der Waals surface area contributed by atoms with Crippen LogP contribution in [0.3, 0.4) is 0 Å². The fraction of sp³-hybridized carbons (Fsp3) is 0.125. The van der Waals surface area contributed by atoms with Crippen molar-refractivity contribution >= 4 is 5.69 Å². The average Bonchev–Trinajstić information content (AvgIpc) is 2.92. The van der Waals surface area contributed by atoms with E-state index in [-0.39, 0.29) is 0 Å². The molecule has 0 spiro atoms. The lowest BCUT2D eigenvalue weighted by atomic mass is 10.1. The van der Waals surface area contributed by atoms with E-state index in [4.69, 9.17) is 10.3 Å². The Labute approximate surface area is 117 Å². The molecule has 0 aliphatic rings. The van der Waals surface area contributed by atoms with Crippen molar-refractivity contribution in [2.45, 2.75) is 13.8 Å². The van der Waals surface area contributed by atoms with Gasteiger partial charge in [-0.05, 0) is 31.5 Å². The molecule has 1 heterocycles. The fourth-order valence-electron chi connectivity index (χ4n) is 1.93. The van der Waals surface area contributed by atoms with Crippen LogP contribution >= 0.6 is 0 Å². The van der Waals surface area contributed by atoms with Crippen LogP contribution in [0.1, 0.15) is 11.1 Å². The molecule has 0 aliphatic heterocycles. The number of rotatable bonds is 2. The van der Waals surface area contributed by atoms with Crippen LogP contribution in [-0.4, -0.2) is 10.1 Å². The molecule has 3 aromatic rings. The number of hydrogen-bond acceptors (Lipinski definition) is 4. The Balaban J connectivity index is 1.97. The summed E-state index contributed by atoms with van der Waals surface area (Å²) in [7, 11) is 0. The molecule has 0 aliphatic carbocycles. The number of aromatic nitrogens is 2. The number of hydrogen-bond donors (Lipinski definition) is 1. The molecule has 100 valence electrons. The molecule has 0 atom stereocenters. The Bertz CT molecular complexity index is 745. The SMILES string of the molecule is Cc1ccc(-c2noc(-c3ccc(C)c(N)c3)n2)cc1. The molecule has 2 aromatic carbocycles. The molecular formula is C16H15N3O. The third-order valence-corrected chi connectivity index (χ3v) is 3.26. The lowest BCUT2D eigenvalue weighted by Crippen LogP contribution is -1.90. The highest BCUT2D eigenvalue weighted by atomic mass is 16.5. The van der Waals surface area contributed by atoms with Crippen LogP contribution in [0.5, 0.6) is 0 Å². The number of nitrogens with zero attached hydrogens (tertiary/aromatic N) is 2. The van der Waals surface area contributed by atoms with Crippen molar-refractivity contribution in [2.24, 2.45) is 0 Å². The third-order valence-electron chi connectivity index (χ3n) is 3.26. The predicted octanol–water partition coefficient (Wildman–Crippen LogP) is 3.60. The molecule has 1 aromatic heterocycles. The van der Waals surface area contributed by atoms with E-state index in [1.807, 2.05) is 56.3 Å². The number of aryl methyl sites for hydroxylation is 2. The maximum Gasteiger partial charge on any atom is 0.258 e. The summed E-state index contributed by atoms with van der Waals surface area (Å²) in [6.07, 6.45) is 0. The number of nitrogen functional groups attached to an aromatic ring is 1. The van der Waals surface area contributed by atoms with Crippen LogP contribution in [-0.2, 0) is 0 Å². The number of anilines is 1. The first kappa shape index (κ1) is 12.4. The lowest BCUT2D eigenvalue weighted by molar-refractivity contribution is 0.432. The Hall–Kier alpha value is -2.62. The van der Waals surface area contributed by atoms with E-state index in [0.29, 0.717) is 11.7 Å². The topological polar surface area (TPSA) is 64.9 Å². The van der Waals surface area contributed by atoms with E-state index in [0.717, 1.165) is 22.4 Å². The molecule has 4 heteroatoms. The van der Waals surface area contributed by atoms with Gasteiger partial charge < -0.3 is 10.3 Å². The molecule has 0 unspecified atom stereocenters. The van der Waals surface area contributed by atoms with Gasteiger partial charge in [-0.15, -0.1) is 0 Å². The van der Waals surface area contributed by atoms with Gasteiger partial charge in [-0.3, -0.25) is 0 Å². The second-order valence-electron chi connectivity index (χ2n) is 4.86. The Morgan fingerprint density at radius 3 is 2.35 bits per heavy atom. The van der Waals surface area contributed by atoms with Crippen LogP contribution < -0.4 is 5.73 Å². The summed E-state index contributed by atoms with van der Waals surface area (Å²) in [5.74, 6) is 1.06. The second kappa shape index (κ2) is 4.81. The van der Waals surface area contributed by atoms with Gasteiger partial charge in [0.1, 0.15) is 0 Å². The van der Waals surface area contributed by atoms with E-state index in [1.165, 1.54) is 5.56 Å². The van der Waals surface area contributed by atoms with Gasteiger partial charge >= 0.3 is 0 Å². The normalized spacial score (nSPS) is 10.7. The first-order valence-corrected chi connectivity index (χ1v) is 6.41. The zero-order chi connectivity index (χ0) is 14.1. The zero-order valence-corrected chi connectivity index (χ0v) is 11.4. The minimum atomic E-state index is 0.479. The number of benzene rings is 2. The van der Waals surface area contributed by atoms with Crippen LogP contribution in [0.4, 0.5) is 5.69 Å². The van der Waals surface area contributed by atoms with Gasteiger partial charge in [0.15, 0.2) is 0 Å². The van der Waals surface area contributed by atoms with Crippen molar-refractivity contribution in [2.75, 3.05) is 5.73 Å². The smallest absolute Gasteiger partial charge is 0.258 e. The highest BCUT2D eigenvalue weighted by Gasteiger charge is 2.11. The van der Waals surface area contributed by atoms with Crippen LogP contribution in [0, 0.1) is 13.8 Å². The second-order valence-corrected chi connectivity index (χ2v) is 4.86. The Morgan fingerprint density at radius 1 is 0.950 bits per heavy atom. The highest BCUT2D eigenvalue weighted by molar-refractivity contribution is 5.64. The molecule has 0 fully saturated rings. The summed E-state index contributed by atoms with van der Waals surface area (Å²) >= 11 is 0. The quantitative estimate of drug-likeness (QED) is 0.719. The molecule has 0 bridgehead atoms. The summed E-state index contributed by atoms with van der Waals surface area (Å²) in [6, 6.07) is 13.7. The van der Waals surface area contributed by atoms with Crippen molar-refractivity contribution < 1.29 is 4.52 Å². The van der Waals surface area contributed by atoms with E-state index in [2.05, 4.69) is 10.1 Å². The number of nitrogens with two attached hydrogens (primary N) is 1. The van der Waals surface area contributed by atoms with Crippen LogP contribution in [0.2, 0.25) is 0 Å². The Morgan fingerprint density at radius 2 is 1.65 bits per heavy atom. The molecule has 0 saturated carbocycles. The zero-order valence-electron chi connectivity index (χ0n) is 11.4. The average molecular weight is 265 g/mol. The molecule has 3 rings (SSSR count). The molecule has 4 nitrogen and oxygen atoms in total. The third kappa shape index (κ3) is 2.28. The molecule has 2 N–H and O–H groups in total.